The van der Waals surface area contributed by atoms with Crippen molar-refractivity contribution in [3.63, 3.8) is 0 Å². The van der Waals surface area contributed by atoms with Crippen LogP contribution in [0.25, 0.3) is 0 Å². The SMILES string of the molecule is CCCCCCCCCCCCCCCCCCCCCCCCC/C=C/C(O)C(CO)NC(=O)CCCCCCCCCCCCCCCCCCCCCCCCCCCCCCCCCOC(=O)CCCCCCCCCCCCCCC. The van der Waals surface area contributed by atoms with E-state index in [9.17, 15) is 19.8 Å². The van der Waals surface area contributed by atoms with Gasteiger partial charge in [-0.2, -0.15) is 0 Å². The summed E-state index contributed by atoms with van der Waals surface area (Å²) in [6.45, 7) is 4.96. The number of hydrogen-bond acceptors (Lipinski definition) is 5. The molecular weight excluding hydrogens is 1050 g/mol. The molecule has 512 valence electrons. The molecule has 0 bridgehead atoms. The average molecular weight is 1210 g/mol. The van der Waals surface area contributed by atoms with Gasteiger partial charge in [0.1, 0.15) is 0 Å². The summed E-state index contributed by atoms with van der Waals surface area (Å²) in [6.07, 6.45) is 96.3. The quantitative estimate of drug-likeness (QED) is 0.0320. The summed E-state index contributed by atoms with van der Waals surface area (Å²) in [4.78, 5) is 24.6. The summed E-state index contributed by atoms with van der Waals surface area (Å²) in [5, 5.41) is 23.3. The van der Waals surface area contributed by atoms with Crippen molar-refractivity contribution in [3.05, 3.63) is 12.2 Å². The van der Waals surface area contributed by atoms with E-state index < -0.39 is 12.1 Å². The highest BCUT2D eigenvalue weighted by Gasteiger charge is 2.18. The predicted octanol–water partition coefficient (Wildman–Crippen LogP) is 26.3. The molecule has 0 aromatic heterocycles. The van der Waals surface area contributed by atoms with Crippen LogP contribution in [0.3, 0.4) is 0 Å². The topological polar surface area (TPSA) is 95.9 Å². The fraction of sp³-hybridized carbons (Fsp3) is 0.950. The molecule has 0 saturated carbocycles. The van der Waals surface area contributed by atoms with Gasteiger partial charge < -0.3 is 20.3 Å². The Kier molecular flexibility index (Phi) is 74.8. The van der Waals surface area contributed by atoms with E-state index in [4.69, 9.17) is 4.74 Å². The molecule has 6 nitrogen and oxygen atoms in total. The Labute approximate surface area is 539 Å². The van der Waals surface area contributed by atoms with Crippen LogP contribution >= 0.6 is 0 Å². The number of nitrogens with one attached hydrogen (secondary N) is 1. The van der Waals surface area contributed by atoms with Crippen LogP contribution in [0.5, 0.6) is 0 Å². The molecule has 0 aliphatic heterocycles. The highest BCUT2D eigenvalue weighted by molar-refractivity contribution is 5.76. The first-order valence-electron chi connectivity index (χ1n) is 40.0. The van der Waals surface area contributed by atoms with Crippen molar-refractivity contribution >= 4 is 11.9 Å². The summed E-state index contributed by atoms with van der Waals surface area (Å²) in [5.74, 6) is -0.0346. The zero-order valence-corrected chi connectivity index (χ0v) is 58.8. The van der Waals surface area contributed by atoms with E-state index in [2.05, 4.69) is 19.2 Å². The number of aliphatic hydroxyl groups excluding tert-OH is 2. The average Bonchev–Trinajstić information content (AvgIpc) is 3.56. The Hall–Kier alpha value is -1.40. The first-order valence-corrected chi connectivity index (χ1v) is 40.0. The van der Waals surface area contributed by atoms with E-state index in [1.165, 1.54) is 398 Å². The lowest BCUT2D eigenvalue weighted by Crippen LogP contribution is -2.45. The number of rotatable bonds is 76. The molecule has 86 heavy (non-hydrogen) atoms. The summed E-state index contributed by atoms with van der Waals surface area (Å²) in [6, 6.07) is -0.625. The van der Waals surface area contributed by atoms with Crippen molar-refractivity contribution in [3.8, 4) is 0 Å². The van der Waals surface area contributed by atoms with Crippen LogP contribution in [0.4, 0.5) is 0 Å². The smallest absolute Gasteiger partial charge is 0.305 e. The van der Waals surface area contributed by atoms with Crippen molar-refractivity contribution in [2.75, 3.05) is 13.2 Å². The molecule has 0 heterocycles. The van der Waals surface area contributed by atoms with Gasteiger partial charge in [0.25, 0.3) is 0 Å². The number of ether oxygens (including phenoxy) is 1. The molecule has 2 atom stereocenters. The van der Waals surface area contributed by atoms with Crippen LogP contribution in [0.1, 0.15) is 463 Å². The van der Waals surface area contributed by atoms with Gasteiger partial charge in [-0.05, 0) is 32.1 Å². The first-order chi connectivity index (χ1) is 42.5. The maximum atomic E-state index is 12.6. The molecule has 0 rings (SSSR count). The molecule has 0 aliphatic rings. The lowest BCUT2D eigenvalue weighted by Gasteiger charge is -2.20. The van der Waals surface area contributed by atoms with E-state index in [0.717, 1.165) is 38.5 Å². The lowest BCUT2D eigenvalue weighted by molar-refractivity contribution is -0.143. The van der Waals surface area contributed by atoms with Gasteiger partial charge in [-0.3, -0.25) is 9.59 Å². The molecule has 1 amide bonds. The van der Waals surface area contributed by atoms with Crippen molar-refractivity contribution < 1.29 is 24.5 Å². The van der Waals surface area contributed by atoms with Crippen molar-refractivity contribution in [1.82, 2.24) is 5.32 Å². The van der Waals surface area contributed by atoms with E-state index in [1.54, 1.807) is 6.08 Å². The Morgan fingerprint density at radius 2 is 0.535 bits per heavy atom. The maximum absolute atomic E-state index is 12.6. The number of hydrogen-bond donors (Lipinski definition) is 3. The number of carbonyl (C=O) groups is 2. The number of aliphatic hydroxyl groups is 2. The normalized spacial score (nSPS) is 12.5. The summed E-state index contributed by atoms with van der Waals surface area (Å²) in [5.41, 5.74) is 0. The van der Waals surface area contributed by atoms with Crippen molar-refractivity contribution in [1.29, 1.82) is 0 Å². The Balaban J connectivity index is 3.35. The Morgan fingerprint density at radius 3 is 0.791 bits per heavy atom. The molecule has 3 N–H and O–H groups in total. The van der Waals surface area contributed by atoms with Gasteiger partial charge in [0.2, 0.25) is 5.91 Å². The van der Waals surface area contributed by atoms with Gasteiger partial charge in [0.05, 0.1) is 25.4 Å². The third-order valence-electron chi connectivity index (χ3n) is 19.1. The second-order valence-corrected chi connectivity index (χ2v) is 27.8. The molecule has 0 aromatic carbocycles. The van der Waals surface area contributed by atoms with Gasteiger partial charge in [0.15, 0.2) is 0 Å². The van der Waals surface area contributed by atoms with Gasteiger partial charge in [-0.1, -0.05) is 431 Å². The van der Waals surface area contributed by atoms with Crippen LogP contribution in [0.2, 0.25) is 0 Å². The first kappa shape index (κ1) is 84.6. The third-order valence-corrected chi connectivity index (χ3v) is 19.1. The maximum Gasteiger partial charge on any atom is 0.305 e. The number of carbonyl (C=O) groups excluding carboxylic acids is 2. The second kappa shape index (κ2) is 76.1. The van der Waals surface area contributed by atoms with Gasteiger partial charge in [-0.25, -0.2) is 0 Å². The lowest BCUT2D eigenvalue weighted by atomic mass is 10.0. The van der Waals surface area contributed by atoms with Crippen LogP contribution in [0.15, 0.2) is 12.2 Å². The molecule has 2 unspecified atom stereocenters. The minimum Gasteiger partial charge on any atom is -0.466 e. The second-order valence-electron chi connectivity index (χ2n) is 27.8. The highest BCUT2D eigenvalue weighted by atomic mass is 16.5. The summed E-state index contributed by atoms with van der Waals surface area (Å²) >= 11 is 0. The minimum atomic E-state index is -0.843. The van der Waals surface area contributed by atoms with Crippen LogP contribution in [-0.2, 0) is 14.3 Å². The van der Waals surface area contributed by atoms with E-state index in [0.29, 0.717) is 19.4 Å². The third kappa shape index (κ3) is 71.7. The van der Waals surface area contributed by atoms with E-state index >= 15 is 0 Å². The fourth-order valence-electron chi connectivity index (χ4n) is 13.0. The summed E-state index contributed by atoms with van der Waals surface area (Å²) in [7, 11) is 0. The number of unbranched alkanes of at least 4 members (excludes halogenated alkanes) is 65. The van der Waals surface area contributed by atoms with E-state index in [1.807, 2.05) is 6.08 Å². The highest BCUT2D eigenvalue weighted by Crippen LogP contribution is 2.20. The fourth-order valence-corrected chi connectivity index (χ4v) is 13.0. The van der Waals surface area contributed by atoms with Crippen LogP contribution in [0, 0.1) is 0 Å². The van der Waals surface area contributed by atoms with Gasteiger partial charge >= 0.3 is 5.97 Å². The largest absolute Gasteiger partial charge is 0.466 e. The molecule has 6 heteroatoms. The molecule has 0 fully saturated rings. The standard InChI is InChI=1S/C80H157NO5/c1-3-5-7-9-11-13-15-17-18-19-20-21-22-30-33-36-39-42-45-49-52-56-60-64-68-72-78(83)77(76-82)81-79(84)73-69-65-61-57-53-50-46-43-40-37-34-31-28-26-24-23-25-27-29-32-35-38-41-44-47-51-55-59-63-67-71-75-86-80(85)74-70-66-62-58-54-48-16-14-12-10-8-6-4-2/h68,72,77-78,82-83H,3-67,69-71,73-76H2,1-2H3,(H,81,84)/b72-68+. The van der Waals surface area contributed by atoms with Crippen LogP contribution in [-0.4, -0.2) is 47.4 Å². The molecule has 0 aromatic rings. The Morgan fingerprint density at radius 1 is 0.314 bits per heavy atom. The van der Waals surface area contributed by atoms with Gasteiger partial charge in [-0.15, -0.1) is 0 Å². The Bertz CT molecular complexity index is 1300. The molecule has 0 aliphatic carbocycles. The molecular formula is C80H157NO5. The monoisotopic (exact) mass is 1210 g/mol. The zero-order chi connectivity index (χ0) is 62.0. The number of amides is 1. The van der Waals surface area contributed by atoms with E-state index in [-0.39, 0.29) is 18.5 Å². The van der Waals surface area contributed by atoms with Gasteiger partial charge in [0, 0.05) is 12.8 Å². The van der Waals surface area contributed by atoms with Crippen molar-refractivity contribution in [2.24, 2.45) is 0 Å². The summed E-state index contributed by atoms with van der Waals surface area (Å²) < 4.78 is 5.50. The zero-order valence-electron chi connectivity index (χ0n) is 58.8. The molecule has 0 saturated heterocycles. The number of esters is 1. The molecule has 0 spiro atoms. The predicted molar refractivity (Wildman–Crippen MR) is 380 cm³/mol. The molecule has 0 radical (unpaired) electrons. The van der Waals surface area contributed by atoms with Crippen LogP contribution < -0.4 is 5.32 Å². The number of allylic oxidation sites excluding steroid dienone is 1. The van der Waals surface area contributed by atoms with Crippen molar-refractivity contribution in [2.45, 2.75) is 475 Å². The minimum absolute atomic E-state index is 0.0232.